The first-order valence-electron chi connectivity index (χ1n) is 6.85. The number of piperidine rings is 1. The number of nitrogens with two attached hydrogens (primary N) is 1. The summed E-state index contributed by atoms with van der Waals surface area (Å²) in [7, 11) is 0. The van der Waals surface area contributed by atoms with Crippen molar-refractivity contribution in [1.29, 1.82) is 5.26 Å². The zero-order valence-electron chi connectivity index (χ0n) is 11.4. The van der Waals surface area contributed by atoms with Crippen molar-refractivity contribution in [3.63, 3.8) is 0 Å². The van der Waals surface area contributed by atoms with Crippen molar-refractivity contribution < 1.29 is 9.53 Å². The number of primary amides is 1. The topological polar surface area (TPSA) is 79.3 Å². The van der Waals surface area contributed by atoms with Crippen LogP contribution in [0.25, 0.3) is 0 Å². The minimum atomic E-state index is -0.503. The number of benzene rings is 1. The molecule has 1 unspecified atom stereocenters. The predicted molar refractivity (Wildman–Crippen MR) is 74.9 cm³/mol. The van der Waals surface area contributed by atoms with E-state index < -0.39 is 5.91 Å². The molecule has 0 aromatic heterocycles. The van der Waals surface area contributed by atoms with Crippen LogP contribution in [-0.4, -0.2) is 30.5 Å². The largest absolute Gasteiger partial charge is 0.484 e. The average molecular weight is 273 g/mol. The number of ether oxygens (including phenoxy) is 1. The Balaban J connectivity index is 2.03. The summed E-state index contributed by atoms with van der Waals surface area (Å²) in [4.78, 5) is 12.9. The standard InChI is InChI=1S/C15H19N3O2/c16-10-14(18-8-2-1-3-9-18)12-4-6-13(7-5-12)20-11-15(17)19/h4-7,14H,1-3,8-9,11H2,(H2,17,19). The number of likely N-dealkylation sites (tertiary alicyclic amines) is 1. The van der Waals surface area contributed by atoms with Crippen molar-refractivity contribution in [2.45, 2.75) is 25.3 Å². The van der Waals surface area contributed by atoms with Crippen molar-refractivity contribution in [3.8, 4) is 11.8 Å². The van der Waals surface area contributed by atoms with Crippen LogP contribution in [0.1, 0.15) is 30.9 Å². The van der Waals surface area contributed by atoms with Crippen molar-refractivity contribution in [2.75, 3.05) is 19.7 Å². The quantitative estimate of drug-likeness (QED) is 0.883. The Kier molecular flexibility index (Phi) is 4.97. The molecular weight excluding hydrogens is 254 g/mol. The van der Waals surface area contributed by atoms with Crippen LogP contribution in [0.4, 0.5) is 0 Å². The third kappa shape index (κ3) is 3.72. The molecule has 106 valence electrons. The lowest BCUT2D eigenvalue weighted by Crippen LogP contribution is -2.33. The molecule has 2 rings (SSSR count). The second-order valence-electron chi connectivity index (χ2n) is 4.95. The summed E-state index contributed by atoms with van der Waals surface area (Å²) < 4.78 is 5.21. The van der Waals surface area contributed by atoms with Gasteiger partial charge in [-0.15, -0.1) is 0 Å². The number of amides is 1. The Morgan fingerprint density at radius 2 is 1.95 bits per heavy atom. The van der Waals surface area contributed by atoms with Crippen LogP contribution in [0.15, 0.2) is 24.3 Å². The van der Waals surface area contributed by atoms with Crippen LogP contribution in [0, 0.1) is 11.3 Å². The monoisotopic (exact) mass is 273 g/mol. The Labute approximate surface area is 118 Å². The maximum atomic E-state index is 10.6. The molecular formula is C15H19N3O2. The third-order valence-corrected chi connectivity index (χ3v) is 3.46. The summed E-state index contributed by atoms with van der Waals surface area (Å²) in [6.07, 6.45) is 3.55. The highest BCUT2D eigenvalue weighted by atomic mass is 16.5. The summed E-state index contributed by atoms with van der Waals surface area (Å²) in [5, 5.41) is 9.39. The molecule has 5 heteroatoms. The van der Waals surface area contributed by atoms with Gasteiger partial charge in [0.2, 0.25) is 0 Å². The van der Waals surface area contributed by atoms with Crippen LogP contribution in [0.5, 0.6) is 5.75 Å². The number of carbonyl (C=O) groups is 1. The summed E-state index contributed by atoms with van der Waals surface area (Å²) in [6, 6.07) is 9.45. The van der Waals surface area contributed by atoms with Gasteiger partial charge >= 0.3 is 0 Å². The molecule has 1 aromatic rings. The molecule has 1 fully saturated rings. The van der Waals surface area contributed by atoms with E-state index in [-0.39, 0.29) is 12.6 Å². The highest BCUT2D eigenvalue weighted by molar-refractivity contribution is 5.75. The summed E-state index contributed by atoms with van der Waals surface area (Å²) in [5.41, 5.74) is 5.98. The van der Waals surface area contributed by atoms with Gasteiger partial charge in [-0.1, -0.05) is 18.6 Å². The fourth-order valence-corrected chi connectivity index (χ4v) is 2.44. The van der Waals surface area contributed by atoms with Crippen LogP contribution in [0.3, 0.4) is 0 Å². The van der Waals surface area contributed by atoms with E-state index in [1.54, 1.807) is 12.1 Å². The van der Waals surface area contributed by atoms with E-state index in [0.29, 0.717) is 5.75 Å². The zero-order valence-corrected chi connectivity index (χ0v) is 11.4. The van der Waals surface area contributed by atoms with Gasteiger partial charge in [0.25, 0.3) is 5.91 Å². The highest BCUT2D eigenvalue weighted by Crippen LogP contribution is 2.25. The van der Waals surface area contributed by atoms with Crippen LogP contribution in [-0.2, 0) is 4.79 Å². The van der Waals surface area contributed by atoms with E-state index >= 15 is 0 Å². The highest BCUT2D eigenvalue weighted by Gasteiger charge is 2.21. The lowest BCUT2D eigenvalue weighted by atomic mass is 10.0. The fourth-order valence-electron chi connectivity index (χ4n) is 2.44. The second-order valence-corrected chi connectivity index (χ2v) is 4.95. The van der Waals surface area contributed by atoms with Gasteiger partial charge < -0.3 is 10.5 Å². The molecule has 1 aromatic carbocycles. The van der Waals surface area contributed by atoms with Gasteiger partial charge in [0, 0.05) is 0 Å². The molecule has 0 bridgehead atoms. The molecule has 1 amide bonds. The average Bonchev–Trinajstić information content (AvgIpc) is 2.48. The summed E-state index contributed by atoms with van der Waals surface area (Å²) in [6.45, 7) is 1.81. The third-order valence-electron chi connectivity index (χ3n) is 3.46. The molecule has 1 aliphatic rings. The predicted octanol–water partition coefficient (Wildman–Crippen LogP) is 1.60. The lowest BCUT2D eigenvalue weighted by Gasteiger charge is -2.30. The van der Waals surface area contributed by atoms with E-state index in [2.05, 4.69) is 11.0 Å². The number of hydrogen-bond acceptors (Lipinski definition) is 4. The first-order chi connectivity index (χ1) is 9.70. The van der Waals surface area contributed by atoms with E-state index in [9.17, 15) is 10.1 Å². The Bertz CT molecular complexity index is 487. The van der Waals surface area contributed by atoms with E-state index in [0.717, 1.165) is 31.5 Å². The smallest absolute Gasteiger partial charge is 0.255 e. The maximum Gasteiger partial charge on any atom is 0.255 e. The van der Waals surface area contributed by atoms with E-state index in [1.165, 1.54) is 6.42 Å². The van der Waals surface area contributed by atoms with Gasteiger partial charge in [-0.05, 0) is 43.6 Å². The first kappa shape index (κ1) is 14.4. The molecule has 20 heavy (non-hydrogen) atoms. The molecule has 0 radical (unpaired) electrons. The Hall–Kier alpha value is -2.06. The van der Waals surface area contributed by atoms with Crippen LogP contribution in [0.2, 0.25) is 0 Å². The van der Waals surface area contributed by atoms with Crippen LogP contribution >= 0.6 is 0 Å². The Morgan fingerprint density at radius 1 is 1.30 bits per heavy atom. The lowest BCUT2D eigenvalue weighted by molar-refractivity contribution is -0.119. The zero-order chi connectivity index (χ0) is 14.4. The molecule has 5 nitrogen and oxygen atoms in total. The molecule has 0 spiro atoms. The number of hydrogen-bond donors (Lipinski definition) is 1. The van der Waals surface area contributed by atoms with Gasteiger partial charge in [-0.2, -0.15) is 5.26 Å². The molecule has 0 aliphatic carbocycles. The number of nitriles is 1. The normalized spacial score (nSPS) is 17.1. The van der Waals surface area contributed by atoms with Crippen LogP contribution < -0.4 is 10.5 Å². The van der Waals surface area contributed by atoms with Crippen molar-refractivity contribution >= 4 is 5.91 Å². The molecule has 1 saturated heterocycles. The summed E-state index contributed by atoms with van der Waals surface area (Å²) in [5.74, 6) is 0.0835. The van der Waals surface area contributed by atoms with Crippen molar-refractivity contribution in [3.05, 3.63) is 29.8 Å². The minimum Gasteiger partial charge on any atom is -0.484 e. The Morgan fingerprint density at radius 3 is 2.50 bits per heavy atom. The SMILES string of the molecule is N#CC(c1ccc(OCC(N)=O)cc1)N1CCCCC1. The maximum absolute atomic E-state index is 10.6. The van der Waals surface area contributed by atoms with Crippen molar-refractivity contribution in [1.82, 2.24) is 4.90 Å². The van der Waals surface area contributed by atoms with Gasteiger partial charge in [-0.3, -0.25) is 9.69 Å². The summed E-state index contributed by atoms with van der Waals surface area (Å²) >= 11 is 0. The number of nitrogens with zero attached hydrogens (tertiary/aromatic N) is 2. The van der Waals surface area contributed by atoms with Gasteiger partial charge in [0.15, 0.2) is 6.61 Å². The van der Waals surface area contributed by atoms with E-state index in [1.807, 2.05) is 12.1 Å². The molecule has 1 aliphatic heterocycles. The molecule has 1 heterocycles. The first-order valence-corrected chi connectivity index (χ1v) is 6.85. The van der Waals surface area contributed by atoms with Gasteiger partial charge in [-0.25, -0.2) is 0 Å². The molecule has 2 N–H and O–H groups in total. The second kappa shape index (κ2) is 6.92. The molecule has 1 atom stereocenters. The number of rotatable bonds is 5. The number of carbonyl (C=O) groups excluding carboxylic acids is 1. The van der Waals surface area contributed by atoms with Gasteiger partial charge in [0.05, 0.1) is 6.07 Å². The van der Waals surface area contributed by atoms with Crippen molar-refractivity contribution in [2.24, 2.45) is 5.73 Å². The minimum absolute atomic E-state index is 0.132. The van der Waals surface area contributed by atoms with Gasteiger partial charge in [0.1, 0.15) is 11.8 Å². The fraction of sp³-hybridized carbons (Fsp3) is 0.467. The molecule has 0 saturated carbocycles. The van der Waals surface area contributed by atoms with E-state index in [4.69, 9.17) is 10.5 Å².